The minimum Gasteiger partial charge on any atom is -0.303 e. The molecule has 0 spiro atoms. The van der Waals surface area contributed by atoms with Gasteiger partial charge in [0.1, 0.15) is 5.52 Å². The number of piperidine rings is 1. The number of likely N-dealkylation sites (tertiary alicyclic amines) is 1. The molecule has 4 heterocycles. The van der Waals surface area contributed by atoms with Crippen molar-refractivity contribution in [3.05, 3.63) is 64.3 Å². The molecule has 1 fully saturated rings. The van der Waals surface area contributed by atoms with Crippen LogP contribution >= 0.6 is 11.6 Å². The summed E-state index contributed by atoms with van der Waals surface area (Å²) < 4.78 is 29.3. The predicted molar refractivity (Wildman–Crippen MR) is 124 cm³/mol. The Morgan fingerprint density at radius 1 is 1.12 bits per heavy atom. The van der Waals surface area contributed by atoms with Gasteiger partial charge in [-0.15, -0.1) is 0 Å². The summed E-state index contributed by atoms with van der Waals surface area (Å²) in [6, 6.07) is 9.82. The molecule has 0 N–H and O–H groups in total. The largest absolute Gasteiger partial charge is 0.303 e. The maximum absolute atomic E-state index is 13.2. The van der Waals surface area contributed by atoms with Crippen molar-refractivity contribution in [1.82, 2.24) is 23.4 Å². The lowest BCUT2D eigenvalue weighted by atomic mass is 10.0. The van der Waals surface area contributed by atoms with Gasteiger partial charge in [0.05, 0.1) is 16.6 Å². The molecular formula is C22H22ClN5O3S. The van der Waals surface area contributed by atoms with Crippen molar-refractivity contribution in [3.8, 4) is 0 Å². The summed E-state index contributed by atoms with van der Waals surface area (Å²) in [5.74, 6) is 0. The number of benzene rings is 1. The molecule has 0 saturated carbocycles. The smallest absolute Gasteiger partial charge is 0.289 e. The summed E-state index contributed by atoms with van der Waals surface area (Å²) in [6.45, 7) is 4.85. The summed E-state index contributed by atoms with van der Waals surface area (Å²) in [6.07, 6.45) is 4.56. The third-order valence-electron chi connectivity index (χ3n) is 6.16. The lowest BCUT2D eigenvalue weighted by molar-refractivity contribution is 0.195. The van der Waals surface area contributed by atoms with Gasteiger partial charge in [0.25, 0.3) is 15.6 Å². The third-order valence-corrected chi connectivity index (χ3v) is 8.08. The fourth-order valence-electron chi connectivity index (χ4n) is 4.47. The fraction of sp³-hybridized carbons (Fsp3) is 0.318. The van der Waals surface area contributed by atoms with Gasteiger partial charge in [0, 0.05) is 30.7 Å². The van der Waals surface area contributed by atoms with Crippen LogP contribution in [0.5, 0.6) is 0 Å². The Morgan fingerprint density at radius 2 is 1.84 bits per heavy atom. The average molecular weight is 472 g/mol. The van der Waals surface area contributed by atoms with Crippen LogP contribution in [-0.4, -0.2) is 51.5 Å². The van der Waals surface area contributed by atoms with Crippen molar-refractivity contribution in [2.45, 2.75) is 30.7 Å². The van der Waals surface area contributed by atoms with E-state index < -0.39 is 10.0 Å². The molecule has 1 saturated heterocycles. The summed E-state index contributed by atoms with van der Waals surface area (Å²) >= 11 is 6.19. The first-order chi connectivity index (χ1) is 15.4. The second-order valence-electron chi connectivity index (χ2n) is 7.90. The van der Waals surface area contributed by atoms with E-state index in [4.69, 9.17) is 11.6 Å². The monoisotopic (exact) mass is 471 g/mol. The van der Waals surface area contributed by atoms with E-state index in [1.54, 1.807) is 41.0 Å². The van der Waals surface area contributed by atoms with E-state index in [9.17, 15) is 13.2 Å². The Morgan fingerprint density at radius 3 is 2.53 bits per heavy atom. The number of hydrogen-bond acceptors (Lipinski definition) is 6. The molecule has 32 heavy (non-hydrogen) atoms. The molecule has 0 aliphatic carbocycles. The van der Waals surface area contributed by atoms with Crippen LogP contribution in [0.2, 0.25) is 5.15 Å². The van der Waals surface area contributed by atoms with Crippen LogP contribution in [0.15, 0.2) is 58.5 Å². The van der Waals surface area contributed by atoms with Crippen LogP contribution in [0.1, 0.15) is 25.8 Å². The maximum Gasteiger partial charge on any atom is 0.289 e. The maximum atomic E-state index is 13.2. The fourth-order valence-corrected chi connectivity index (χ4v) is 5.97. The first-order valence-electron chi connectivity index (χ1n) is 10.5. The van der Waals surface area contributed by atoms with Crippen molar-refractivity contribution in [3.63, 3.8) is 0 Å². The predicted octanol–water partition coefficient (Wildman–Crippen LogP) is 3.29. The molecule has 0 atom stereocenters. The lowest BCUT2D eigenvalue weighted by Crippen LogP contribution is -2.37. The highest BCUT2D eigenvalue weighted by atomic mass is 35.5. The highest BCUT2D eigenvalue weighted by Gasteiger charge is 2.26. The zero-order chi connectivity index (χ0) is 22.5. The van der Waals surface area contributed by atoms with Crippen LogP contribution < -0.4 is 5.56 Å². The van der Waals surface area contributed by atoms with Crippen molar-refractivity contribution in [1.29, 1.82) is 0 Å². The van der Waals surface area contributed by atoms with Crippen molar-refractivity contribution in [2.24, 2.45) is 0 Å². The first kappa shape index (κ1) is 21.1. The number of nitrogens with zero attached hydrogens (tertiary/aromatic N) is 5. The molecular weight excluding hydrogens is 450 g/mol. The van der Waals surface area contributed by atoms with E-state index in [2.05, 4.69) is 21.8 Å². The molecule has 1 aliphatic rings. The molecule has 1 aliphatic heterocycles. The number of pyridine rings is 1. The number of halogens is 1. The quantitative estimate of drug-likeness (QED) is 0.453. The van der Waals surface area contributed by atoms with Gasteiger partial charge in [0.15, 0.2) is 10.8 Å². The second kappa shape index (κ2) is 7.99. The molecule has 10 heteroatoms. The van der Waals surface area contributed by atoms with Gasteiger partial charge < -0.3 is 9.47 Å². The minimum atomic E-state index is -3.84. The van der Waals surface area contributed by atoms with E-state index in [0.29, 0.717) is 16.4 Å². The van der Waals surface area contributed by atoms with Gasteiger partial charge in [0.2, 0.25) is 0 Å². The van der Waals surface area contributed by atoms with E-state index in [0.717, 1.165) is 36.4 Å². The average Bonchev–Trinajstić information content (AvgIpc) is 3.26. The number of rotatable bonds is 4. The van der Waals surface area contributed by atoms with Crippen LogP contribution in [0.3, 0.4) is 0 Å². The Kier molecular flexibility index (Phi) is 5.27. The topological polar surface area (TPSA) is 90.1 Å². The Balaban J connectivity index is 1.74. The van der Waals surface area contributed by atoms with Crippen LogP contribution in [0.25, 0.3) is 22.1 Å². The highest BCUT2D eigenvalue weighted by Crippen LogP contribution is 2.31. The molecule has 0 unspecified atom stereocenters. The molecule has 1 aromatic carbocycles. The summed E-state index contributed by atoms with van der Waals surface area (Å²) in [7, 11) is -3.84. The standard InChI is InChI=1S/C22H22ClN5O3S/c1-2-26-11-8-15(9-12-26)28-19-17-10-13-27(32(30,31)16-6-4-3-5-7-16)21(17)24-14-18(19)25-20(23)22(28)29/h3-7,10,13-15H,2,8-9,11-12H2,1H3. The van der Waals surface area contributed by atoms with Crippen LogP contribution in [-0.2, 0) is 10.0 Å². The first-order valence-corrected chi connectivity index (χ1v) is 12.3. The van der Waals surface area contributed by atoms with E-state index >= 15 is 0 Å². The van der Waals surface area contributed by atoms with Gasteiger partial charge in [-0.05, 0) is 37.6 Å². The molecule has 0 bridgehead atoms. The zero-order valence-corrected chi connectivity index (χ0v) is 19.1. The summed E-state index contributed by atoms with van der Waals surface area (Å²) in [5.41, 5.74) is 0.932. The molecule has 0 amide bonds. The van der Waals surface area contributed by atoms with E-state index in [1.807, 2.05) is 0 Å². The molecule has 3 aromatic heterocycles. The molecule has 166 valence electrons. The van der Waals surface area contributed by atoms with Crippen molar-refractivity contribution >= 4 is 43.7 Å². The highest BCUT2D eigenvalue weighted by molar-refractivity contribution is 7.90. The Labute approximate surface area is 190 Å². The van der Waals surface area contributed by atoms with Gasteiger partial charge in [-0.3, -0.25) is 4.79 Å². The third kappa shape index (κ3) is 3.32. The SMILES string of the molecule is CCN1CCC(n2c(=O)c(Cl)nc3cnc4c(ccn4S(=O)(=O)c4ccccc4)c32)CC1. The lowest BCUT2D eigenvalue weighted by Gasteiger charge is -2.32. The Bertz CT molecular complexity index is 1470. The van der Waals surface area contributed by atoms with Gasteiger partial charge in [-0.2, -0.15) is 0 Å². The number of hydrogen-bond donors (Lipinski definition) is 0. The van der Waals surface area contributed by atoms with E-state index in [1.165, 1.54) is 12.4 Å². The molecule has 5 rings (SSSR count). The van der Waals surface area contributed by atoms with Crippen LogP contribution in [0.4, 0.5) is 0 Å². The number of aromatic nitrogens is 4. The van der Waals surface area contributed by atoms with Gasteiger partial charge >= 0.3 is 0 Å². The van der Waals surface area contributed by atoms with Gasteiger partial charge in [-0.25, -0.2) is 22.4 Å². The molecule has 8 nitrogen and oxygen atoms in total. The Hall–Kier alpha value is -2.75. The molecule has 4 aromatic rings. The van der Waals surface area contributed by atoms with Crippen molar-refractivity contribution in [2.75, 3.05) is 19.6 Å². The second-order valence-corrected chi connectivity index (χ2v) is 10.1. The summed E-state index contributed by atoms with van der Waals surface area (Å²) in [4.78, 5) is 24.2. The van der Waals surface area contributed by atoms with E-state index in [-0.39, 0.29) is 27.3 Å². The van der Waals surface area contributed by atoms with Crippen molar-refractivity contribution < 1.29 is 8.42 Å². The van der Waals surface area contributed by atoms with Gasteiger partial charge in [-0.1, -0.05) is 36.7 Å². The zero-order valence-electron chi connectivity index (χ0n) is 17.5. The summed E-state index contributed by atoms with van der Waals surface area (Å²) in [5, 5.41) is 0.453. The van der Waals surface area contributed by atoms with Crippen LogP contribution in [0, 0.1) is 0 Å². The molecule has 0 radical (unpaired) electrons. The minimum absolute atomic E-state index is 0.0482. The normalized spacial score (nSPS) is 16.2. The number of fused-ring (bicyclic) bond motifs is 3.